The summed E-state index contributed by atoms with van der Waals surface area (Å²) < 4.78 is 10.5. The molecule has 0 radical (unpaired) electrons. The van der Waals surface area contributed by atoms with Crippen molar-refractivity contribution < 1.29 is 18.7 Å². The van der Waals surface area contributed by atoms with Crippen molar-refractivity contribution in [1.82, 2.24) is 5.32 Å². The lowest BCUT2D eigenvalue weighted by atomic mass is 9.92. The molecule has 0 aliphatic carbocycles. The zero-order chi connectivity index (χ0) is 14.7. The van der Waals surface area contributed by atoms with E-state index in [9.17, 15) is 9.59 Å². The second-order valence-electron chi connectivity index (χ2n) is 4.85. The van der Waals surface area contributed by atoms with Gasteiger partial charge in [-0.1, -0.05) is 18.2 Å². The fourth-order valence-electron chi connectivity index (χ4n) is 2.43. The van der Waals surface area contributed by atoms with Gasteiger partial charge in [0.2, 0.25) is 11.7 Å². The molecule has 5 heteroatoms. The Kier molecular flexibility index (Phi) is 3.73. The number of carbonyl (C=O) groups excluding carboxylic acids is 2. The Bertz CT molecular complexity index is 648. The number of Topliss-reactive ketones (excluding diaryl/α,β-unsaturated/α-hetero) is 1. The fourth-order valence-corrected chi connectivity index (χ4v) is 2.43. The third-order valence-electron chi connectivity index (χ3n) is 3.49. The van der Waals surface area contributed by atoms with Crippen LogP contribution in [-0.4, -0.2) is 24.8 Å². The number of carbonyl (C=O) groups is 2. The topological polar surface area (TPSA) is 68.5 Å². The number of rotatable bonds is 4. The van der Waals surface area contributed by atoms with E-state index in [1.54, 1.807) is 12.1 Å². The summed E-state index contributed by atoms with van der Waals surface area (Å²) in [4.78, 5) is 24.1. The third kappa shape index (κ3) is 2.81. The van der Waals surface area contributed by atoms with Crippen LogP contribution in [0.1, 0.15) is 28.5 Å². The van der Waals surface area contributed by atoms with Crippen molar-refractivity contribution >= 4 is 11.7 Å². The molecule has 5 nitrogen and oxygen atoms in total. The molecule has 1 aromatic carbocycles. The smallest absolute Gasteiger partial charge is 0.228 e. The van der Waals surface area contributed by atoms with Crippen LogP contribution in [0.25, 0.3) is 0 Å². The molecule has 0 bridgehead atoms. The number of benzene rings is 1. The van der Waals surface area contributed by atoms with Crippen LogP contribution < -0.4 is 10.1 Å². The first-order chi connectivity index (χ1) is 10.3. The number of hydrogen-bond acceptors (Lipinski definition) is 4. The first kappa shape index (κ1) is 13.4. The van der Waals surface area contributed by atoms with Crippen LogP contribution >= 0.6 is 0 Å². The molecule has 1 amide bonds. The highest BCUT2D eigenvalue weighted by Crippen LogP contribution is 2.33. The van der Waals surface area contributed by atoms with Crippen LogP contribution in [0.3, 0.4) is 0 Å². The first-order valence-corrected chi connectivity index (χ1v) is 6.82. The summed E-state index contributed by atoms with van der Waals surface area (Å²) in [6, 6.07) is 10.7. The normalized spacial score (nSPS) is 16.7. The molecule has 0 spiro atoms. The zero-order valence-electron chi connectivity index (χ0n) is 11.4. The molecule has 0 saturated heterocycles. The highest BCUT2D eigenvalue weighted by atomic mass is 16.5. The Hall–Kier alpha value is -2.56. The van der Waals surface area contributed by atoms with Crippen molar-refractivity contribution in [1.29, 1.82) is 0 Å². The Morgan fingerprint density at radius 1 is 1.19 bits per heavy atom. The lowest BCUT2D eigenvalue weighted by Crippen LogP contribution is -2.35. The maximum atomic E-state index is 12.3. The summed E-state index contributed by atoms with van der Waals surface area (Å²) in [7, 11) is 0. The zero-order valence-corrected chi connectivity index (χ0v) is 11.4. The van der Waals surface area contributed by atoms with E-state index < -0.39 is 0 Å². The minimum absolute atomic E-state index is 0.0636. The van der Waals surface area contributed by atoms with Crippen molar-refractivity contribution in [2.24, 2.45) is 0 Å². The van der Waals surface area contributed by atoms with Gasteiger partial charge in [0.05, 0.1) is 25.3 Å². The van der Waals surface area contributed by atoms with Gasteiger partial charge in [0.25, 0.3) is 0 Å². The van der Waals surface area contributed by atoms with E-state index in [1.807, 2.05) is 24.3 Å². The molecule has 2 heterocycles. The number of fused-ring (bicyclic) bond motifs is 1. The Morgan fingerprint density at radius 2 is 2.05 bits per heavy atom. The molecule has 0 unspecified atom stereocenters. The van der Waals surface area contributed by atoms with Gasteiger partial charge in [-0.05, 0) is 24.6 Å². The van der Waals surface area contributed by atoms with Crippen LogP contribution in [0, 0.1) is 0 Å². The van der Waals surface area contributed by atoms with Gasteiger partial charge in [-0.2, -0.15) is 0 Å². The average Bonchev–Trinajstić information content (AvgIpc) is 3.06. The monoisotopic (exact) mass is 285 g/mol. The number of para-hydroxylation sites is 1. The van der Waals surface area contributed by atoms with Gasteiger partial charge in [0.1, 0.15) is 5.75 Å². The molecule has 1 aliphatic rings. The summed E-state index contributed by atoms with van der Waals surface area (Å²) in [5.41, 5.74) is 0.867. The van der Waals surface area contributed by atoms with Gasteiger partial charge in [0, 0.05) is 5.56 Å². The molecule has 0 fully saturated rings. The van der Waals surface area contributed by atoms with Gasteiger partial charge in [-0.25, -0.2) is 0 Å². The Morgan fingerprint density at radius 3 is 2.86 bits per heavy atom. The molecule has 21 heavy (non-hydrogen) atoms. The molecule has 1 aromatic heterocycles. The largest absolute Gasteiger partial charge is 0.493 e. The minimum Gasteiger partial charge on any atom is -0.493 e. The first-order valence-electron chi connectivity index (χ1n) is 6.82. The van der Waals surface area contributed by atoms with Crippen molar-refractivity contribution in [3.8, 4) is 5.75 Å². The fraction of sp³-hybridized carbons (Fsp3) is 0.250. The molecule has 1 N–H and O–H groups in total. The van der Waals surface area contributed by atoms with E-state index in [0.717, 1.165) is 11.3 Å². The Balaban J connectivity index is 1.65. The van der Waals surface area contributed by atoms with Crippen LogP contribution in [0.5, 0.6) is 5.75 Å². The summed E-state index contributed by atoms with van der Waals surface area (Å²) in [5, 5.41) is 2.68. The van der Waals surface area contributed by atoms with Gasteiger partial charge in [0.15, 0.2) is 5.76 Å². The van der Waals surface area contributed by atoms with Crippen molar-refractivity contribution in [3.63, 3.8) is 0 Å². The number of amides is 1. The molecule has 3 rings (SSSR count). The van der Waals surface area contributed by atoms with Gasteiger partial charge in [-0.3, -0.25) is 9.59 Å². The maximum Gasteiger partial charge on any atom is 0.228 e. The predicted molar refractivity (Wildman–Crippen MR) is 75.3 cm³/mol. The van der Waals surface area contributed by atoms with E-state index >= 15 is 0 Å². The molecular weight excluding hydrogens is 270 g/mol. The SMILES string of the molecule is O=C(CNC(=O)[C@H]1CCOc2ccccc21)c1ccco1. The molecule has 108 valence electrons. The third-order valence-corrected chi connectivity index (χ3v) is 3.49. The van der Waals surface area contributed by atoms with Crippen molar-refractivity contribution in [2.75, 3.05) is 13.2 Å². The van der Waals surface area contributed by atoms with E-state index in [4.69, 9.17) is 9.15 Å². The number of ether oxygens (including phenoxy) is 1. The number of nitrogens with one attached hydrogen (secondary N) is 1. The van der Waals surface area contributed by atoms with Crippen LogP contribution in [0.15, 0.2) is 47.1 Å². The van der Waals surface area contributed by atoms with E-state index in [2.05, 4.69) is 5.32 Å². The quantitative estimate of drug-likeness (QED) is 0.874. The lowest BCUT2D eigenvalue weighted by molar-refractivity contribution is -0.123. The summed E-state index contributed by atoms with van der Waals surface area (Å²) >= 11 is 0. The average molecular weight is 285 g/mol. The number of hydrogen-bond donors (Lipinski definition) is 1. The summed E-state index contributed by atoms with van der Waals surface area (Å²) in [6.07, 6.45) is 2.04. The van der Waals surface area contributed by atoms with Crippen LogP contribution in [0.2, 0.25) is 0 Å². The van der Waals surface area contributed by atoms with Crippen LogP contribution in [-0.2, 0) is 4.79 Å². The molecule has 1 aliphatic heterocycles. The van der Waals surface area contributed by atoms with Crippen molar-refractivity contribution in [2.45, 2.75) is 12.3 Å². The summed E-state index contributed by atoms with van der Waals surface area (Å²) in [5.74, 6) is 0.308. The van der Waals surface area contributed by atoms with E-state index in [1.165, 1.54) is 6.26 Å². The number of ketones is 1. The lowest BCUT2D eigenvalue weighted by Gasteiger charge is -2.24. The second-order valence-corrected chi connectivity index (χ2v) is 4.85. The summed E-state index contributed by atoms with van der Waals surface area (Å²) in [6.45, 7) is 0.438. The van der Waals surface area contributed by atoms with Gasteiger partial charge < -0.3 is 14.5 Å². The second kappa shape index (κ2) is 5.83. The van der Waals surface area contributed by atoms with Gasteiger partial charge >= 0.3 is 0 Å². The van der Waals surface area contributed by atoms with Crippen molar-refractivity contribution in [3.05, 3.63) is 54.0 Å². The molecule has 1 atom stereocenters. The number of furan rings is 1. The molecule has 2 aromatic rings. The van der Waals surface area contributed by atoms with E-state index in [-0.39, 0.29) is 29.9 Å². The maximum absolute atomic E-state index is 12.3. The highest BCUT2D eigenvalue weighted by molar-refractivity contribution is 5.97. The minimum atomic E-state index is -0.278. The van der Waals surface area contributed by atoms with Crippen LogP contribution in [0.4, 0.5) is 0 Å². The molecule has 0 saturated carbocycles. The molecular formula is C16H15NO4. The predicted octanol–water partition coefficient (Wildman–Crippen LogP) is 2.14. The highest BCUT2D eigenvalue weighted by Gasteiger charge is 2.27. The van der Waals surface area contributed by atoms with Gasteiger partial charge in [-0.15, -0.1) is 0 Å². The Labute approximate surface area is 121 Å². The standard InChI is InChI=1S/C16H15NO4/c18-13(15-6-3-8-20-15)10-17-16(19)12-7-9-21-14-5-2-1-4-11(12)14/h1-6,8,12H,7,9-10H2,(H,17,19)/t12-/m0/s1. The van der Waals surface area contributed by atoms with E-state index in [0.29, 0.717) is 13.0 Å².